The Labute approximate surface area is 145 Å². The van der Waals surface area contributed by atoms with Gasteiger partial charge in [0.1, 0.15) is 0 Å². The summed E-state index contributed by atoms with van der Waals surface area (Å²) in [5.74, 6) is -0.0107. The first-order valence-corrected chi connectivity index (χ1v) is 8.66. The topological polar surface area (TPSA) is 32.3 Å². The van der Waals surface area contributed by atoms with E-state index in [0.717, 1.165) is 35.3 Å². The molecule has 0 aromatic heterocycles. The van der Waals surface area contributed by atoms with E-state index in [1.54, 1.807) is 0 Å². The zero-order chi connectivity index (χ0) is 17.7. The summed E-state index contributed by atoms with van der Waals surface area (Å²) < 4.78 is 0. The fraction of sp³-hybridized carbons (Fsp3) is 0.381. The van der Waals surface area contributed by atoms with Gasteiger partial charge in [0.2, 0.25) is 0 Å². The van der Waals surface area contributed by atoms with E-state index in [1.165, 1.54) is 11.3 Å². The summed E-state index contributed by atoms with van der Waals surface area (Å²) in [7, 11) is 0. The van der Waals surface area contributed by atoms with Gasteiger partial charge >= 0.3 is 0 Å². The van der Waals surface area contributed by atoms with Gasteiger partial charge in [-0.15, -0.1) is 0 Å². The molecule has 1 N–H and O–H groups in total. The highest BCUT2D eigenvalue weighted by atomic mass is 16.1. The molecule has 0 unspecified atom stereocenters. The van der Waals surface area contributed by atoms with Crippen LogP contribution in [0.25, 0.3) is 0 Å². The normalized spacial score (nSPS) is 10.5. The second kappa shape index (κ2) is 8.00. The fourth-order valence-corrected chi connectivity index (χ4v) is 2.90. The molecule has 128 valence electrons. The average Bonchev–Trinajstić information content (AvgIpc) is 2.58. The highest BCUT2D eigenvalue weighted by molar-refractivity contribution is 5.95. The number of carbonyl (C=O) groups excluding carboxylic acids is 1. The number of rotatable bonds is 6. The third-order valence-electron chi connectivity index (χ3n) is 4.60. The quantitative estimate of drug-likeness (QED) is 0.855. The van der Waals surface area contributed by atoms with Gasteiger partial charge in [-0.25, -0.2) is 0 Å². The Balaban J connectivity index is 2.03. The van der Waals surface area contributed by atoms with Crippen molar-refractivity contribution in [1.82, 2.24) is 5.32 Å². The van der Waals surface area contributed by atoms with E-state index in [9.17, 15) is 4.79 Å². The molecule has 0 bridgehead atoms. The van der Waals surface area contributed by atoms with Gasteiger partial charge in [-0.1, -0.05) is 18.2 Å². The predicted octanol–water partition coefficient (Wildman–Crippen LogP) is 4.39. The molecule has 0 heterocycles. The van der Waals surface area contributed by atoms with Crippen LogP contribution in [0.3, 0.4) is 0 Å². The Morgan fingerprint density at radius 1 is 0.917 bits per heavy atom. The van der Waals surface area contributed by atoms with Crippen LogP contribution in [-0.4, -0.2) is 19.0 Å². The summed E-state index contributed by atoms with van der Waals surface area (Å²) >= 11 is 0. The molecule has 2 rings (SSSR count). The molecule has 0 fully saturated rings. The molecule has 24 heavy (non-hydrogen) atoms. The molecule has 0 atom stereocenters. The minimum Gasteiger partial charge on any atom is -0.372 e. The number of hydrogen-bond donors (Lipinski definition) is 1. The first-order chi connectivity index (χ1) is 11.5. The molecule has 3 heteroatoms. The van der Waals surface area contributed by atoms with Gasteiger partial charge < -0.3 is 10.2 Å². The van der Waals surface area contributed by atoms with Crippen molar-refractivity contribution in [3.8, 4) is 0 Å². The van der Waals surface area contributed by atoms with Gasteiger partial charge in [0, 0.05) is 30.9 Å². The van der Waals surface area contributed by atoms with Crippen LogP contribution in [0.5, 0.6) is 0 Å². The van der Waals surface area contributed by atoms with E-state index < -0.39 is 0 Å². The molecule has 0 spiro atoms. The van der Waals surface area contributed by atoms with Crippen molar-refractivity contribution in [2.75, 3.05) is 18.0 Å². The smallest absolute Gasteiger partial charge is 0.251 e. The highest BCUT2D eigenvalue weighted by Gasteiger charge is 2.10. The minimum atomic E-state index is -0.0107. The minimum absolute atomic E-state index is 0.0107. The Morgan fingerprint density at radius 2 is 1.50 bits per heavy atom. The summed E-state index contributed by atoms with van der Waals surface area (Å²) in [6.07, 6.45) is 0. The summed E-state index contributed by atoms with van der Waals surface area (Å²) in [5, 5.41) is 3.03. The zero-order valence-electron chi connectivity index (χ0n) is 15.4. The molecule has 0 radical (unpaired) electrons. The number of aryl methyl sites for hydroxylation is 3. The molecule has 1 amide bonds. The maximum Gasteiger partial charge on any atom is 0.251 e. The lowest BCUT2D eigenvalue weighted by atomic mass is 10.0. The van der Waals surface area contributed by atoms with Gasteiger partial charge in [-0.05, 0) is 75.1 Å². The largest absolute Gasteiger partial charge is 0.372 e. The molecule has 0 aliphatic heterocycles. The van der Waals surface area contributed by atoms with Crippen LogP contribution in [0, 0.1) is 20.8 Å². The third kappa shape index (κ3) is 4.16. The second-order valence-corrected chi connectivity index (χ2v) is 6.27. The summed E-state index contributed by atoms with van der Waals surface area (Å²) in [4.78, 5) is 14.8. The van der Waals surface area contributed by atoms with Crippen LogP contribution < -0.4 is 10.2 Å². The average molecular weight is 324 g/mol. The number of anilines is 1. The monoisotopic (exact) mass is 324 g/mol. The molecular weight excluding hydrogens is 296 g/mol. The molecule has 3 nitrogen and oxygen atoms in total. The Kier molecular flexibility index (Phi) is 6.02. The van der Waals surface area contributed by atoms with Crippen LogP contribution >= 0.6 is 0 Å². The van der Waals surface area contributed by atoms with Crippen LogP contribution in [0.2, 0.25) is 0 Å². The van der Waals surface area contributed by atoms with Crippen molar-refractivity contribution in [2.45, 2.75) is 41.2 Å². The number of hydrogen-bond acceptors (Lipinski definition) is 2. The van der Waals surface area contributed by atoms with Crippen molar-refractivity contribution in [1.29, 1.82) is 0 Å². The SMILES string of the molecule is CCN(CC)c1ccc(CNC(=O)c2cc(C)c(C)cc2C)cc1. The van der Waals surface area contributed by atoms with E-state index in [2.05, 4.69) is 61.3 Å². The molecule has 0 aliphatic rings. The predicted molar refractivity (Wildman–Crippen MR) is 102 cm³/mol. The number of amides is 1. The van der Waals surface area contributed by atoms with Crippen LogP contribution in [0.1, 0.15) is 46.5 Å². The van der Waals surface area contributed by atoms with Crippen LogP contribution in [-0.2, 0) is 6.54 Å². The number of carbonyl (C=O) groups is 1. The Morgan fingerprint density at radius 3 is 2.08 bits per heavy atom. The maximum atomic E-state index is 12.5. The second-order valence-electron chi connectivity index (χ2n) is 6.27. The van der Waals surface area contributed by atoms with Crippen molar-refractivity contribution >= 4 is 11.6 Å². The Hall–Kier alpha value is -2.29. The van der Waals surface area contributed by atoms with Gasteiger partial charge in [0.05, 0.1) is 0 Å². The first kappa shape index (κ1) is 18.1. The van der Waals surface area contributed by atoms with Crippen LogP contribution in [0.4, 0.5) is 5.69 Å². The zero-order valence-corrected chi connectivity index (χ0v) is 15.4. The Bertz CT molecular complexity index is 701. The van der Waals surface area contributed by atoms with Crippen molar-refractivity contribution in [3.63, 3.8) is 0 Å². The molecular formula is C21H28N2O. The maximum absolute atomic E-state index is 12.5. The number of nitrogens with zero attached hydrogens (tertiary/aromatic N) is 1. The summed E-state index contributed by atoms with van der Waals surface area (Å²) in [6.45, 7) is 13.0. The van der Waals surface area contributed by atoms with Crippen molar-refractivity contribution in [2.24, 2.45) is 0 Å². The molecule has 2 aromatic carbocycles. The van der Waals surface area contributed by atoms with Gasteiger partial charge in [-0.2, -0.15) is 0 Å². The molecule has 2 aromatic rings. The number of benzene rings is 2. The van der Waals surface area contributed by atoms with Gasteiger partial charge in [0.25, 0.3) is 5.91 Å². The van der Waals surface area contributed by atoms with Crippen molar-refractivity contribution in [3.05, 3.63) is 64.2 Å². The standard InChI is InChI=1S/C21H28N2O/c1-6-23(7-2)19-10-8-18(9-11-19)14-22-21(24)20-13-16(4)15(3)12-17(20)5/h8-13H,6-7,14H2,1-5H3,(H,22,24). The lowest BCUT2D eigenvalue weighted by Gasteiger charge is -2.21. The van der Waals surface area contributed by atoms with E-state index in [0.29, 0.717) is 6.54 Å². The van der Waals surface area contributed by atoms with Crippen molar-refractivity contribution < 1.29 is 4.79 Å². The fourth-order valence-electron chi connectivity index (χ4n) is 2.90. The molecule has 0 saturated carbocycles. The van der Waals surface area contributed by atoms with E-state index in [1.807, 2.05) is 19.9 Å². The third-order valence-corrected chi connectivity index (χ3v) is 4.60. The summed E-state index contributed by atoms with van der Waals surface area (Å²) in [5.41, 5.74) is 6.48. The van der Waals surface area contributed by atoms with Gasteiger partial charge in [0.15, 0.2) is 0 Å². The lowest BCUT2D eigenvalue weighted by Crippen LogP contribution is -2.24. The first-order valence-electron chi connectivity index (χ1n) is 8.66. The van der Waals surface area contributed by atoms with E-state index in [4.69, 9.17) is 0 Å². The van der Waals surface area contributed by atoms with Gasteiger partial charge in [-0.3, -0.25) is 4.79 Å². The lowest BCUT2D eigenvalue weighted by molar-refractivity contribution is 0.0950. The highest BCUT2D eigenvalue weighted by Crippen LogP contribution is 2.17. The molecule has 0 saturated heterocycles. The summed E-state index contributed by atoms with van der Waals surface area (Å²) in [6, 6.07) is 12.5. The van der Waals surface area contributed by atoms with E-state index >= 15 is 0 Å². The number of nitrogens with one attached hydrogen (secondary N) is 1. The molecule has 0 aliphatic carbocycles. The van der Waals surface area contributed by atoms with E-state index in [-0.39, 0.29) is 5.91 Å². The van der Waals surface area contributed by atoms with Crippen LogP contribution in [0.15, 0.2) is 36.4 Å².